The van der Waals surface area contributed by atoms with Gasteiger partial charge in [-0.3, -0.25) is 4.79 Å². The lowest BCUT2D eigenvalue weighted by Crippen LogP contribution is -2.22. The quantitative estimate of drug-likeness (QED) is 0.428. The summed E-state index contributed by atoms with van der Waals surface area (Å²) in [4.78, 5) is 22.0. The van der Waals surface area contributed by atoms with Gasteiger partial charge in [-0.25, -0.2) is 0 Å². The van der Waals surface area contributed by atoms with Crippen molar-refractivity contribution in [3.05, 3.63) is 0 Å². The maximum atomic E-state index is 11.0. The number of halogens is 1. The molecule has 1 saturated carbocycles. The SMILES string of the molecule is COC(=O)CCCC(Cl)C1CC2C(C=O)CCC2O1. The molecule has 0 aromatic heterocycles. The van der Waals surface area contributed by atoms with Gasteiger partial charge in [0.05, 0.1) is 24.7 Å². The van der Waals surface area contributed by atoms with Crippen molar-refractivity contribution >= 4 is 23.9 Å². The third-order valence-electron chi connectivity index (χ3n) is 4.33. The Morgan fingerprint density at radius 1 is 1.53 bits per heavy atom. The Morgan fingerprint density at radius 3 is 3.00 bits per heavy atom. The Kier molecular flexibility index (Phi) is 5.22. The molecule has 1 heterocycles. The smallest absolute Gasteiger partial charge is 0.305 e. The van der Waals surface area contributed by atoms with Gasteiger partial charge in [-0.05, 0) is 38.0 Å². The highest BCUT2D eigenvalue weighted by molar-refractivity contribution is 6.21. The summed E-state index contributed by atoms with van der Waals surface area (Å²) in [6.45, 7) is 0. The number of methoxy groups -OCH3 is 1. The standard InChI is InChI=1S/C14H21ClO4/c1-18-14(17)4-2-3-11(15)13-7-10-9(8-16)5-6-12(10)19-13/h8-13H,2-7H2,1H3. The molecular formula is C14H21ClO4. The third-order valence-corrected chi connectivity index (χ3v) is 4.83. The minimum atomic E-state index is -0.200. The van der Waals surface area contributed by atoms with Crippen LogP contribution in [0.3, 0.4) is 0 Å². The number of rotatable bonds is 6. The molecule has 0 radical (unpaired) electrons. The Balaban J connectivity index is 1.74. The van der Waals surface area contributed by atoms with Crippen LogP contribution in [0.1, 0.15) is 38.5 Å². The molecule has 0 amide bonds. The van der Waals surface area contributed by atoms with Crippen molar-refractivity contribution in [2.24, 2.45) is 11.8 Å². The highest BCUT2D eigenvalue weighted by Gasteiger charge is 2.45. The van der Waals surface area contributed by atoms with Gasteiger partial charge < -0.3 is 14.3 Å². The number of esters is 1. The molecule has 2 aliphatic rings. The predicted molar refractivity (Wildman–Crippen MR) is 71.1 cm³/mol. The van der Waals surface area contributed by atoms with E-state index in [1.807, 2.05) is 0 Å². The summed E-state index contributed by atoms with van der Waals surface area (Å²) in [6.07, 6.45) is 5.95. The van der Waals surface area contributed by atoms with E-state index in [9.17, 15) is 9.59 Å². The first-order valence-corrected chi connectivity index (χ1v) is 7.41. The van der Waals surface area contributed by atoms with Crippen molar-refractivity contribution in [2.75, 3.05) is 7.11 Å². The van der Waals surface area contributed by atoms with E-state index in [0.29, 0.717) is 18.8 Å². The molecule has 5 heteroatoms. The molecule has 0 aromatic rings. The second-order valence-corrected chi connectivity index (χ2v) is 6.03. The van der Waals surface area contributed by atoms with Crippen molar-refractivity contribution in [3.63, 3.8) is 0 Å². The summed E-state index contributed by atoms with van der Waals surface area (Å²) >= 11 is 6.35. The Bertz CT molecular complexity index is 333. The minimum Gasteiger partial charge on any atom is -0.469 e. The van der Waals surface area contributed by atoms with Gasteiger partial charge in [0.25, 0.3) is 0 Å². The van der Waals surface area contributed by atoms with Crippen LogP contribution in [0.2, 0.25) is 0 Å². The van der Waals surface area contributed by atoms with E-state index in [1.165, 1.54) is 7.11 Å². The van der Waals surface area contributed by atoms with Crippen LogP contribution in [0, 0.1) is 11.8 Å². The van der Waals surface area contributed by atoms with Gasteiger partial charge in [-0.15, -0.1) is 11.6 Å². The molecule has 0 N–H and O–H groups in total. The van der Waals surface area contributed by atoms with E-state index in [4.69, 9.17) is 16.3 Å². The first-order chi connectivity index (χ1) is 9.15. The number of hydrogen-bond donors (Lipinski definition) is 0. The van der Waals surface area contributed by atoms with E-state index in [0.717, 1.165) is 32.0 Å². The molecule has 2 rings (SSSR count). The Morgan fingerprint density at radius 2 is 2.32 bits per heavy atom. The lowest BCUT2D eigenvalue weighted by atomic mass is 9.91. The maximum absolute atomic E-state index is 11.0. The molecule has 108 valence electrons. The Hall–Kier alpha value is -0.610. The fraction of sp³-hybridized carbons (Fsp3) is 0.857. The van der Waals surface area contributed by atoms with E-state index in [-0.39, 0.29) is 29.5 Å². The van der Waals surface area contributed by atoms with Crippen molar-refractivity contribution < 1.29 is 19.1 Å². The summed E-state index contributed by atoms with van der Waals surface area (Å²) in [6, 6.07) is 0. The number of alkyl halides is 1. The molecule has 4 nitrogen and oxygen atoms in total. The first-order valence-electron chi connectivity index (χ1n) is 6.97. The van der Waals surface area contributed by atoms with Gasteiger partial charge in [-0.1, -0.05) is 0 Å². The zero-order valence-electron chi connectivity index (χ0n) is 11.2. The second kappa shape index (κ2) is 6.71. The van der Waals surface area contributed by atoms with Crippen molar-refractivity contribution in [3.8, 4) is 0 Å². The van der Waals surface area contributed by atoms with Crippen molar-refractivity contribution in [1.29, 1.82) is 0 Å². The van der Waals surface area contributed by atoms with Crippen molar-refractivity contribution in [1.82, 2.24) is 0 Å². The molecule has 1 saturated heterocycles. The number of ether oxygens (including phenoxy) is 2. The number of carbonyl (C=O) groups excluding carboxylic acids is 2. The summed E-state index contributed by atoms with van der Waals surface area (Å²) in [5.74, 6) is 0.299. The number of fused-ring (bicyclic) bond motifs is 1. The average Bonchev–Trinajstić information content (AvgIpc) is 2.97. The molecule has 19 heavy (non-hydrogen) atoms. The maximum Gasteiger partial charge on any atom is 0.305 e. The van der Waals surface area contributed by atoms with Crippen LogP contribution >= 0.6 is 11.6 Å². The van der Waals surface area contributed by atoms with Crippen LogP contribution in [0.25, 0.3) is 0 Å². The fourth-order valence-electron chi connectivity index (χ4n) is 3.24. The summed E-state index contributed by atoms with van der Waals surface area (Å²) < 4.78 is 10.6. The normalized spacial score (nSPS) is 34.8. The highest BCUT2D eigenvalue weighted by atomic mass is 35.5. The van der Waals surface area contributed by atoms with Crippen LogP contribution < -0.4 is 0 Å². The lowest BCUT2D eigenvalue weighted by molar-refractivity contribution is -0.140. The summed E-state index contributed by atoms with van der Waals surface area (Å²) in [5.41, 5.74) is 0. The molecule has 0 bridgehead atoms. The molecule has 1 aliphatic heterocycles. The zero-order chi connectivity index (χ0) is 13.8. The lowest BCUT2D eigenvalue weighted by Gasteiger charge is -2.18. The molecule has 5 atom stereocenters. The summed E-state index contributed by atoms with van der Waals surface area (Å²) in [5, 5.41) is -0.0810. The van der Waals surface area contributed by atoms with E-state index < -0.39 is 0 Å². The number of aldehydes is 1. The summed E-state index contributed by atoms with van der Waals surface area (Å²) in [7, 11) is 1.39. The molecule has 1 aliphatic carbocycles. The third kappa shape index (κ3) is 3.48. The van der Waals surface area contributed by atoms with E-state index >= 15 is 0 Å². The van der Waals surface area contributed by atoms with Gasteiger partial charge >= 0.3 is 5.97 Å². The van der Waals surface area contributed by atoms with Crippen LogP contribution in [0.5, 0.6) is 0 Å². The van der Waals surface area contributed by atoms with Gasteiger partial charge in [0.2, 0.25) is 0 Å². The van der Waals surface area contributed by atoms with Crippen LogP contribution in [-0.2, 0) is 19.1 Å². The van der Waals surface area contributed by atoms with Gasteiger partial charge in [0.15, 0.2) is 0 Å². The van der Waals surface area contributed by atoms with Gasteiger partial charge in [0, 0.05) is 12.3 Å². The first kappa shape index (κ1) is 14.8. The number of hydrogen-bond acceptors (Lipinski definition) is 4. The molecule has 0 aromatic carbocycles. The zero-order valence-corrected chi connectivity index (χ0v) is 12.0. The average molecular weight is 289 g/mol. The second-order valence-electron chi connectivity index (χ2n) is 5.47. The van der Waals surface area contributed by atoms with Gasteiger partial charge in [0.1, 0.15) is 6.29 Å². The van der Waals surface area contributed by atoms with E-state index in [1.54, 1.807) is 0 Å². The van der Waals surface area contributed by atoms with Crippen LogP contribution in [-0.4, -0.2) is 37.0 Å². The van der Waals surface area contributed by atoms with E-state index in [2.05, 4.69) is 4.74 Å². The predicted octanol–water partition coefficient (Wildman–Crippen LogP) is 2.32. The van der Waals surface area contributed by atoms with Crippen LogP contribution in [0.15, 0.2) is 0 Å². The largest absolute Gasteiger partial charge is 0.469 e. The fourth-order valence-corrected chi connectivity index (χ4v) is 3.55. The molecule has 2 fully saturated rings. The molecule has 0 spiro atoms. The highest BCUT2D eigenvalue weighted by Crippen LogP contribution is 2.44. The number of carbonyl (C=O) groups is 2. The Labute approximate surface area is 118 Å². The monoisotopic (exact) mass is 288 g/mol. The van der Waals surface area contributed by atoms with Gasteiger partial charge in [-0.2, -0.15) is 0 Å². The molecule has 5 unspecified atom stereocenters. The van der Waals surface area contributed by atoms with Crippen LogP contribution in [0.4, 0.5) is 0 Å². The topological polar surface area (TPSA) is 52.6 Å². The minimum absolute atomic E-state index is 0.0251. The molecular weight excluding hydrogens is 268 g/mol. The van der Waals surface area contributed by atoms with Crippen molar-refractivity contribution in [2.45, 2.75) is 56.1 Å².